The topological polar surface area (TPSA) is 52.7 Å². The average Bonchev–Trinajstić information content (AvgIpc) is 2.66. The summed E-state index contributed by atoms with van der Waals surface area (Å²) < 4.78 is 0. The van der Waals surface area contributed by atoms with Crippen molar-refractivity contribution in [3.63, 3.8) is 0 Å². The first-order valence-corrected chi connectivity index (χ1v) is 10.6. The summed E-state index contributed by atoms with van der Waals surface area (Å²) >= 11 is 1.96. The van der Waals surface area contributed by atoms with Gasteiger partial charge in [0.2, 0.25) is 11.8 Å². The number of aryl methyl sites for hydroxylation is 1. The lowest BCUT2D eigenvalue weighted by molar-refractivity contribution is -0.139. The van der Waals surface area contributed by atoms with Gasteiger partial charge in [0.05, 0.1) is 12.5 Å². The van der Waals surface area contributed by atoms with Crippen LogP contribution in [0.25, 0.3) is 0 Å². The minimum Gasteiger partial charge on any atom is -0.353 e. The predicted molar refractivity (Wildman–Crippen MR) is 106 cm³/mol. The number of benzene rings is 1. The summed E-state index contributed by atoms with van der Waals surface area (Å²) in [6, 6.07) is 8.33. The van der Waals surface area contributed by atoms with Gasteiger partial charge < -0.3 is 10.2 Å². The van der Waals surface area contributed by atoms with Crippen LogP contribution in [0.2, 0.25) is 0 Å². The van der Waals surface area contributed by atoms with Gasteiger partial charge in [-0.15, -0.1) is 0 Å². The molecule has 2 aliphatic rings. The van der Waals surface area contributed by atoms with E-state index in [0.717, 1.165) is 30.9 Å². The molecule has 0 aromatic heterocycles. The third kappa shape index (κ3) is 4.80. The van der Waals surface area contributed by atoms with Gasteiger partial charge in [0.25, 0.3) is 0 Å². The number of hydrogen-bond donors (Lipinski definition) is 1. The Hall–Kier alpha value is -1.53. The molecule has 2 amide bonds. The fourth-order valence-corrected chi connectivity index (χ4v) is 4.77. The summed E-state index contributed by atoms with van der Waals surface area (Å²) in [6.45, 7) is 4.20. The Balaban J connectivity index is 1.64. The second-order valence-corrected chi connectivity index (χ2v) is 8.54. The maximum Gasteiger partial charge on any atom is 0.237 e. The van der Waals surface area contributed by atoms with E-state index in [0.29, 0.717) is 19.1 Å². The molecule has 0 radical (unpaired) electrons. The van der Waals surface area contributed by atoms with Crippen molar-refractivity contribution in [2.24, 2.45) is 0 Å². The molecule has 1 aromatic rings. The molecule has 2 fully saturated rings. The first-order chi connectivity index (χ1) is 12.5. The first-order valence-electron chi connectivity index (χ1n) is 9.45. The predicted octanol–water partition coefficient (Wildman–Crippen LogP) is 2.04. The van der Waals surface area contributed by atoms with Crippen LogP contribution < -0.4 is 5.32 Å². The SMILES string of the molecule is Cc1ccc(CN2CCNC(=O)[C@H]2CC(=O)N(C)C2CCSCC2)cc1. The Morgan fingerprint density at radius 1 is 1.27 bits per heavy atom. The van der Waals surface area contributed by atoms with Crippen molar-refractivity contribution >= 4 is 23.6 Å². The van der Waals surface area contributed by atoms with Gasteiger partial charge in [0.1, 0.15) is 0 Å². The van der Waals surface area contributed by atoms with Crippen LogP contribution in [-0.2, 0) is 16.1 Å². The Morgan fingerprint density at radius 2 is 1.96 bits per heavy atom. The van der Waals surface area contributed by atoms with E-state index in [1.54, 1.807) is 0 Å². The van der Waals surface area contributed by atoms with Crippen molar-refractivity contribution in [1.82, 2.24) is 15.1 Å². The van der Waals surface area contributed by atoms with Crippen LogP contribution in [0.3, 0.4) is 0 Å². The molecule has 0 saturated carbocycles. The molecule has 1 N–H and O–H groups in total. The van der Waals surface area contributed by atoms with E-state index in [9.17, 15) is 9.59 Å². The standard InChI is InChI=1S/C20H29N3O2S/c1-15-3-5-16(6-4-15)14-23-10-9-21-20(25)18(23)13-19(24)22(2)17-7-11-26-12-8-17/h3-6,17-18H,7-14H2,1-2H3,(H,21,25)/t18-/m1/s1. The third-order valence-electron chi connectivity index (χ3n) is 5.45. The van der Waals surface area contributed by atoms with Crippen LogP contribution in [0.1, 0.15) is 30.4 Å². The fourth-order valence-electron chi connectivity index (χ4n) is 3.69. The number of nitrogens with one attached hydrogen (secondary N) is 1. The van der Waals surface area contributed by atoms with E-state index in [-0.39, 0.29) is 24.3 Å². The van der Waals surface area contributed by atoms with Crippen LogP contribution >= 0.6 is 11.8 Å². The van der Waals surface area contributed by atoms with E-state index in [2.05, 4.69) is 41.4 Å². The van der Waals surface area contributed by atoms with Crippen molar-refractivity contribution < 1.29 is 9.59 Å². The minimum atomic E-state index is -0.377. The molecule has 142 valence electrons. The summed E-state index contributed by atoms with van der Waals surface area (Å²) in [4.78, 5) is 29.3. The zero-order valence-electron chi connectivity index (χ0n) is 15.7. The fraction of sp³-hybridized carbons (Fsp3) is 0.600. The number of thioether (sulfide) groups is 1. The van der Waals surface area contributed by atoms with Crippen LogP contribution in [0.5, 0.6) is 0 Å². The molecule has 0 unspecified atom stereocenters. The second-order valence-electron chi connectivity index (χ2n) is 7.32. The van der Waals surface area contributed by atoms with E-state index in [1.807, 2.05) is 23.7 Å². The van der Waals surface area contributed by atoms with Crippen LogP contribution in [-0.4, -0.2) is 65.3 Å². The third-order valence-corrected chi connectivity index (χ3v) is 6.50. The molecule has 2 heterocycles. The van der Waals surface area contributed by atoms with Crippen LogP contribution in [0.4, 0.5) is 0 Å². The van der Waals surface area contributed by atoms with Gasteiger partial charge in [-0.3, -0.25) is 14.5 Å². The van der Waals surface area contributed by atoms with Gasteiger partial charge >= 0.3 is 0 Å². The lowest BCUT2D eigenvalue weighted by Gasteiger charge is -2.37. The number of piperazine rings is 1. The average molecular weight is 376 g/mol. The molecule has 0 aliphatic carbocycles. The van der Waals surface area contributed by atoms with Gasteiger partial charge in [-0.05, 0) is 36.8 Å². The van der Waals surface area contributed by atoms with E-state index in [1.165, 1.54) is 11.1 Å². The molecule has 2 aliphatic heterocycles. The smallest absolute Gasteiger partial charge is 0.237 e. The summed E-state index contributed by atoms with van der Waals surface area (Å²) in [5, 5.41) is 2.93. The summed E-state index contributed by atoms with van der Waals surface area (Å²) in [7, 11) is 1.90. The highest BCUT2D eigenvalue weighted by molar-refractivity contribution is 7.99. The Labute approximate surface area is 160 Å². The molecule has 2 saturated heterocycles. The van der Waals surface area contributed by atoms with Crippen molar-refractivity contribution in [3.8, 4) is 0 Å². The second kappa shape index (κ2) is 8.91. The number of hydrogen-bond acceptors (Lipinski definition) is 4. The van der Waals surface area contributed by atoms with Gasteiger partial charge in [0.15, 0.2) is 0 Å². The van der Waals surface area contributed by atoms with E-state index >= 15 is 0 Å². The summed E-state index contributed by atoms with van der Waals surface area (Å²) in [5.41, 5.74) is 2.41. The van der Waals surface area contributed by atoms with Crippen LogP contribution in [0, 0.1) is 6.92 Å². The highest BCUT2D eigenvalue weighted by Gasteiger charge is 2.33. The van der Waals surface area contributed by atoms with Gasteiger partial charge in [-0.2, -0.15) is 11.8 Å². The van der Waals surface area contributed by atoms with Crippen LogP contribution in [0.15, 0.2) is 24.3 Å². The number of nitrogens with zero attached hydrogens (tertiary/aromatic N) is 2. The molecule has 1 atom stereocenters. The van der Waals surface area contributed by atoms with Crippen molar-refractivity contribution in [2.45, 2.75) is 44.8 Å². The number of rotatable bonds is 5. The zero-order chi connectivity index (χ0) is 18.5. The molecule has 1 aromatic carbocycles. The zero-order valence-corrected chi connectivity index (χ0v) is 16.6. The maximum absolute atomic E-state index is 12.8. The van der Waals surface area contributed by atoms with Crippen molar-refractivity contribution in [3.05, 3.63) is 35.4 Å². The van der Waals surface area contributed by atoms with E-state index < -0.39 is 0 Å². The molecule has 6 heteroatoms. The molecular weight excluding hydrogens is 346 g/mol. The van der Waals surface area contributed by atoms with Crippen molar-refractivity contribution in [2.75, 3.05) is 31.6 Å². The van der Waals surface area contributed by atoms with Crippen molar-refractivity contribution in [1.29, 1.82) is 0 Å². The summed E-state index contributed by atoms with van der Waals surface area (Å²) in [6.07, 6.45) is 2.37. The van der Waals surface area contributed by atoms with Gasteiger partial charge in [-0.25, -0.2) is 0 Å². The highest BCUT2D eigenvalue weighted by atomic mass is 32.2. The molecule has 26 heavy (non-hydrogen) atoms. The Morgan fingerprint density at radius 3 is 2.65 bits per heavy atom. The first kappa shape index (κ1) is 19.2. The molecular formula is C20H29N3O2S. The summed E-state index contributed by atoms with van der Waals surface area (Å²) in [5.74, 6) is 2.29. The minimum absolute atomic E-state index is 0.0238. The number of amides is 2. The molecule has 5 nitrogen and oxygen atoms in total. The Kier molecular flexibility index (Phi) is 6.59. The quantitative estimate of drug-likeness (QED) is 0.856. The molecule has 0 spiro atoms. The maximum atomic E-state index is 12.8. The van der Waals surface area contributed by atoms with Gasteiger partial charge in [0, 0.05) is 32.7 Å². The number of carbonyl (C=O) groups is 2. The molecule has 3 rings (SSSR count). The lowest BCUT2D eigenvalue weighted by atomic mass is 10.0. The number of carbonyl (C=O) groups excluding carboxylic acids is 2. The normalized spacial score (nSPS) is 22.1. The monoisotopic (exact) mass is 375 g/mol. The Bertz CT molecular complexity index is 628. The molecule has 0 bridgehead atoms. The van der Waals surface area contributed by atoms with Gasteiger partial charge in [-0.1, -0.05) is 29.8 Å². The lowest BCUT2D eigenvalue weighted by Crippen LogP contribution is -2.56. The largest absolute Gasteiger partial charge is 0.353 e. The highest BCUT2D eigenvalue weighted by Crippen LogP contribution is 2.22. The van der Waals surface area contributed by atoms with E-state index in [4.69, 9.17) is 0 Å².